The lowest BCUT2D eigenvalue weighted by molar-refractivity contribution is -0.132. The quantitative estimate of drug-likeness (QED) is 0.236. The Balaban J connectivity index is 1.54. The highest BCUT2D eigenvalue weighted by atomic mass is 32.1. The molecule has 0 radical (unpaired) electrons. The van der Waals surface area contributed by atoms with E-state index in [4.69, 9.17) is 9.72 Å². The first-order valence-corrected chi connectivity index (χ1v) is 12.5. The van der Waals surface area contributed by atoms with Crippen LogP contribution in [0.25, 0.3) is 16.0 Å². The third-order valence-electron chi connectivity index (χ3n) is 6.64. The highest BCUT2D eigenvalue weighted by molar-refractivity contribution is 7.22. The predicted molar refractivity (Wildman–Crippen MR) is 138 cm³/mol. The number of carbonyl (C=O) groups is 2. The van der Waals surface area contributed by atoms with Gasteiger partial charge in [0.2, 0.25) is 0 Å². The number of Topliss-reactive ketones (excluding diaryl/α,β-unsaturated/α-hetero) is 1. The molecule has 0 bridgehead atoms. The maximum Gasteiger partial charge on any atom is 0.301 e. The van der Waals surface area contributed by atoms with E-state index in [2.05, 4.69) is 4.98 Å². The summed E-state index contributed by atoms with van der Waals surface area (Å²) in [4.78, 5) is 37.2. The summed E-state index contributed by atoms with van der Waals surface area (Å²) in [5.41, 5.74) is 4.94. The predicted octanol–water partition coefficient (Wildman–Crippen LogP) is 5.26. The van der Waals surface area contributed by atoms with E-state index in [1.54, 1.807) is 36.7 Å². The first kappa shape index (κ1) is 22.4. The first-order chi connectivity index (χ1) is 17.3. The topological polar surface area (TPSA) is 92.6 Å². The van der Waals surface area contributed by atoms with Crippen molar-refractivity contribution in [2.75, 3.05) is 4.90 Å². The average Bonchev–Trinajstić information content (AvgIpc) is 3.52. The molecule has 2 unspecified atom stereocenters. The molecule has 0 spiro atoms. The van der Waals surface area contributed by atoms with Gasteiger partial charge >= 0.3 is 5.91 Å². The lowest BCUT2D eigenvalue weighted by Crippen LogP contribution is -2.29. The van der Waals surface area contributed by atoms with Gasteiger partial charge in [0.15, 0.2) is 5.13 Å². The molecule has 2 aliphatic rings. The number of nitrogens with zero attached hydrogens (tertiary/aromatic N) is 3. The van der Waals surface area contributed by atoms with E-state index in [-0.39, 0.29) is 17.4 Å². The van der Waals surface area contributed by atoms with Crippen LogP contribution < -0.4 is 9.64 Å². The molecule has 6 rings (SSSR count). The van der Waals surface area contributed by atoms with Crippen molar-refractivity contribution >= 4 is 44.1 Å². The monoisotopic (exact) mass is 497 g/mol. The lowest BCUT2D eigenvalue weighted by Gasteiger charge is -2.22. The van der Waals surface area contributed by atoms with Gasteiger partial charge in [-0.3, -0.25) is 19.5 Å². The van der Waals surface area contributed by atoms with E-state index in [9.17, 15) is 14.7 Å². The van der Waals surface area contributed by atoms with Crippen molar-refractivity contribution in [1.82, 2.24) is 9.97 Å². The van der Waals surface area contributed by atoms with Crippen molar-refractivity contribution in [2.24, 2.45) is 0 Å². The van der Waals surface area contributed by atoms with Crippen molar-refractivity contribution in [3.63, 3.8) is 0 Å². The number of fused-ring (bicyclic) bond motifs is 2. The highest BCUT2D eigenvalue weighted by Crippen LogP contribution is 2.45. The Bertz CT molecular complexity index is 1590. The SMILES string of the molecule is Cc1cc(C)c2nc(N3C(=O)C(=O)C(=C(O)c4ccc5c(c4)CC(C)O5)C3c3cccnc3)sc2c1. The normalized spacial score (nSPS) is 20.7. The first-order valence-electron chi connectivity index (χ1n) is 11.7. The molecule has 8 heteroatoms. The summed E-state index contributed by atoms with van der Waals surface area (Å²) in [5, 5.41) is 11.8. The number of aliphatic hydroxyl groups excluding tert-OH is 1. The summed E-state index contributed by atoms with van der Waals surface area (Å²) in [5.74, 6) is -0.931. The average molecular weight is 498 g/mol. The minimum atomic E-state index is -0.857. The smallest absolute Gasteiger partial charge is 0.301 e. The second-order valence-corrected chi connectivity index (χ2v) is 10.3. The molecule has 0 aliphatic carbocycles. The van der Waals surface area contributed by atoms with Crippen LogP contribution in [0.1, 0.15) is 40.8 Å². The van der Waals surface area contributed by atoms with Gasteiger partial charge in [0.05, 0.1) is 21.8 Å². The second kappa shape index (κ2) is 8.27. The molecule has 1 fully saturated rings. The van der Waals surface area contributed by atoms with Gasteiger partial charge in [-0.05, 0) is 73.4 Å². The minimum Gasteiger partial charge on any atom is -0.507 e. The standard InChI is InChI=1S/C28H23N3O4S/c1-14-9-15(2)23-21(10-14)36-28(30-23)31-24(18-5-4-8-29-13-18)22(26(33)27(31)34)25(32)17-6-7-20-19(12-17)11-16(3)35-20/h4-10,12-13,16,24,32H,11H2,1-3H3. The van der Waals surface area contributed by atoms with E-state index >= 15 is 0 Å². The van der Waals surface area contributed by atoms with Crippen molar-refractivity contribution in [2.45, 2.75) is 39.3 Å². The van der Waals surface area contributed by atoms with Crippen LogP contribution in [0.4, 0.5) is 5.13 Å². The fourth-order valence-corrected chi connectivity index (χ4v) is 6.24. The molecular weight excluding hydrogens is 474 g/mol. The number of carbonyl (C=O) groups excluding carboxylic acids is 2. The fraction of sp³-hybridized carbons (Fsp3) is 0.214. The molecule has 36 heavy (non-hydrogen) atoms. The maximum atomic E-state index is 13.5. The van der Waals surface area contributed by atoms with Gasteiger partial charge in [0.25, 0.3) is 5.78 Å². The third kappa shape index (κ3) is 3.48. The summed E-state index contributed by atoms with van der Waals surface area (Å²) in [6.07, 6.45) is 3.99. The van der Waals surface area contributed by atoms with Crippen LogP contribution in [0, 0.1) is 13.8 Å². The van der Waals surface area contributed by atoms with Gasteiger partial charge in [-0.15, -0.1) is 0 Å². The second-order valence-electron chi connectivity index (χ2n) is 9.34. The summed E-state index contributed by atoms with van der Waals surface area (Å²) < 4.78 is 6.71. The van der Waals surface area contributed by atoms with E-state index in [1.165, 1.54) is 16.2 Å². The number of hydrogen-bond acceptors (Lipinski definition) is 7. The number of aryl methyl sites for hydroxylation is 2. The Kier molecular flexibility index (Phi) is 5.15. The zero-order valence-electron chi connectivity index (χ0n) is 20.0. The van der Waals surface area contributed by atoms with Gasteiger partial charge in [0.1, 0.15) is 17.6 Å². The van der Waals surface area contributed by atoms with Crippen LogP contribution in [0.2, 0.25) is 0 Å². The van der Waals surface area contributed by atoms with Crippen LogP contribution in [0.5, 0.6) is 5.75 Å². The van der Waals surface area contributed by atoms with Gasteiger partial charge in [-0.25, -0.2) is 4.98 Å². The summed E-state index contributed by atoms with van der Waals surface area (Å²) >= 11 is 1.35. The van der Waals surface area contributed by atoms with Crippen LogP contribution in [0.15, 0.2) is 60.4 Å². The van der Waals surface area contributed by atoms with Crippen LogP contribution >= 0.6 is 11.3 Å². The number of ketones is 1. The molecule has 2 aromatic heterocycles. The minimum absolute atomic E-state index is 0.0204. The summed E-state index contributed by atoms with van der Waals surface area (Å²) in [7, 11) is 0. The zero-order chi connectivity index (χ0) is 25.1. The lowest BCUT2D eigenvalue weighted by atomic mass is 9.95. The number of pyridine rings is 1. The number of hydrogen-bond donors (Lipinski definition) is 1. The van der Waals surface area contributed by atoms with Crippen molar-refractivity contribution < 1.29 is 19.4 Å². The number of rotatable bonds is 3. The highest BCUT2D eigenvalue weighted by Gasteiger charge is 2.48. The molecular formula is C28H23N3O4S. The zero-order valence-corrected chi connectivity index (χ0v) is 20.8. The van der Waals surface area contributed by atoms with Crippen LogP contribution in [0.3, 0.4) is 0 Å². The number of aliphatic hydroxyl groups is 1. The van der Waals surface area contributed by atoms with Gasteiger partial charge in [-0.1, -0.05) is 23.5 Å². The number of amides is 1. The Hall–Kier alpha value is -4.04. The molecule has 1 amide bonds. The number of ether oxygens (including phenoxy) is 1. The van der Waals surface area contributed by atoms with Crippen molar-refractivity contribution in [3.8, 4) is 5.75 Å². The number of aromatic nitrogens is 2. The fourth-order valence-electron chi connectivity index (χ4n) is 5.07. The largest absolute Gasteiger partial charge is 0.507 e. The van der Waals surface area contributed by atoms with Gasteiger partial charge in [-0.2, -0.15) is 0 Å². The van der Waals surface area contributed by atoms with Gasteiger partial charge in [0, 0.05) is 24.4 Å². The van der Waals surface area contributed by atoms with Crippen molar-refractivity contribution in [3.05, 3.63) is 88.2 Å². The van der Waals surface area contributed by atoms with E-state index in [0.29, 0.717) is 22.7 Å². The number of thiazole rings is 1. The molecule has 4 heterocycles. The Morgan fingerprint density at radius 2 is 2.00 bits per heavy atom. The molecule has 2 aromatic carbocycles. The molecule has 2 aliphatic heterocycles. The summed E-state index contributed by atoms with van der Waals surface area (Å²) in [6.45, 7) is 5.97. The van der Waals surface area contributed by atoms with E-state index < -0.39 is 17.7 Å². The Morgan fingerprint density at radius 3 is 2.78 bits per heavy atom. The Morgan fingerprint density at radius 1 is 1.17 bits per heavy atom. The molecule has 180 valence electrons. The molecule has 7 nitrogen and oxygen atoms in total. The van der Waals surface area contributed by atoms with E-state index in [1.807, 2.05) is 39.0 Å². The van der Waals surface area contributed by atoms with Crippen LogP contribution in [-0.2, 0) is 16.0 Å². The maximum absolute atomic E-state index is 13.5. The van der Waals surface area contributed by atoms with Crippen LogP contribution in [-0.4, -0.2) is 32.9 Å². The molecule has 1 N–H and O–H groups in total. The van der Waals surface area contributed by atoms with Crippen molar-refractivity contribution in [1.29, 1.82) is 0 Å². The molecule has 2 atom stereocenters. The number of benzene rings is 2. The molecule has 4 aromatic rings. The third-order valence-corrected chi connectivity index (χ3v) is 7.64. The van der Waals surface area contributed by atoms with Gasteiger partial charge < -0.3 is 9.84 Å². The molecule has 1 saturated heterocycles. The van der Waals surface area contributed by atoms with E-state index in [0.717, 1.165) is 32.7 Å². The number of anilines is 1. The summed E-state index contributed by atoms with van der Waals surface area (Å²) in [6, 6.07) is 12.1. The Labute approximate surface area is 211 Å². The molecule has 0 saturated carbocycles.